The van der Waals surface area contributed by atoms with Crippen molar-refractivity contribution in [3.8, 4) is 16.8 Å². The van der Waals surface area contributed by atoms with Crippen molar-refractivity contribution in [1.29, 1.82) is 0 Å². The first-order valence-electron chi connectivity index (χ1n) is 6.21. The zero-order valence-corrected chi connectivity index (χ0v) is 11.6. The molecule has 0 radical (unpaired) electrons. The Morgan fingerprint density at radius 2 is 1.90 bits per heavy atom. The third kappa shape index (κ3) is 2.32. The van der Waals surface area contributed by atoms with E-state index >= 15 is 0 Å². The highest BCUT2D eigenvalue weighted by Gasteiger charge is 2.11. The first-order chi connectivity index (χ1) is 9.65. The van der Waals surface area contributed by atoms with Crippen LogP contribution in [0.1, 0.15) is 5.56 Å². The molecule has 0 N–H and O–H groups in total. The lowest BCUT2D eigenvalue weighted by atomic mass is 10.1. The number of benzene rings is 2. The Bertz CT molecular complexity index is 744. The Morgan fingerprint density at radius 1 is 1.10 bits per heavy atom. The van der Waals surface area contributed by atoms with E-state index in [1.807, 2.05) is 25.1 Å². The molecule has 0 atom stereocenters. The minimum absolute atomic E-state index is 0.271. The van der Waals surface area contributed by atoms with Crippen LogP contribution in [-0.4, -0.2) is 9.78 Å². The van der Waals surface area contributed by atoms with Gasteiger partial charge in [0, 0.05) is 11.8 Å². The molecule has 3 rings (SSSR count). The lowest BCUT2D eigenvalue weighted by Gasteiger charge is -2.05. The average molecular weight is 287 g/mol. The van der Waals surface area contributed by atoms with Crippen LogP contribution >= 0.6 is 11.6 Å². The Kier molecular flexibility index (Phi) is 3.28. The fourth-order valence-electron chi connectivity index (χ4n) is 2.13. The van der Waals surface area contributed by atoms with E-state index in [-0.39, 0.29) is 5.69 Å². The van der Waals surface area contributed by atoms with Crippen LogP contribution in [0, 0.1) is 12.7 Å². The van der Waals surface area contributed by atoms with E-state index in [0.29, 0.717) is 5.02 Å². The monoisotopic (exact) mass is 286 g/mol. The van der Waals surface area contributed by atoms with Gasteiger partial charge in [-0.05, 0) is 24.6 Å². The molecule has 0 saturated carbocycles. The molecule has 1 heterocycles. The van der Waals surface area contributed by atoms with Crippen molar-refractivity contribution >= 4 is 11.6 Å². The summed E-state index contributed by atoms with van der Waals surface area (Å²) < 4.78 is 15.3. The summed E-state index contributed by atoms with van der Waals surface area (Å²) in [5, 5.41) is 4.54. The van der Waals surface area contributed by atoms with Crippen molar-refractivity contribution in [3.05, 3.63) is 71.3 Å². The van der Waals surface area contributed by atoms with Gasteiger partial charge < -0.3 is 0 Å². The van der Waals surface area contributed by atoms with E-state index in [1.165, 1.54) is 16.3 Å². The quantitative estimate of drug-likeness (QED) is 0.671. The highest BCUT2D eigenvalue weighted by Crippen LogP contribution is 2.26. The maximum atomic E-state index is 13.9. The van der Waals surface area contributed by atoms with Crippen molar-refractivity contribution in [2.75, 3.05) is 0 Å². The lowest BCUT2D eigenvalue weighted by Crippen LogP contribution is -1.98. The van der Waals surface area contributed by atoms with Crippen LogP contribution in [0.15, 0.2) is 54.9 Å². The SMILES string of the molecule is Cc1cccc(-c2cnn(-c3c(F)cccc3Cl)c2)c1. The molecule has 2 nitrogen and oxygen atoms in total. The van der Waals surface area contributed by atoms with Crippen molar-refractivity contribution in [3.63, 3.8) is 0 Å². The molecule has 0 aliphatic rings. The number of hydrogen-bond acceptors (Lipinski definition) is 1. The van der Waals surface area contributed by atoms with E-state index in [1.54, 1.807) is 24.5 Å². The zero-order valence-electron chi connectivity index (χ0n) is 10.8. The molecule has 2 aromatic carbocycles. The molecule has 0 unspecified atom stereocenters. The number of nitrogens with zero attached hydrogens (tertiary/aromatic N) is 2. The molecule has 0 aliphatic heterocycles. The summed E-state index contributed by atoms with van der Waals surface area (Å²) >= 11 is 6.04. The first kappa shape index (κ1) is 12.9. The largest absolute Gasteiger partial charge is 0.236 e. The van der Waals surface area contributed by atoms with Gasteiger partial charge in [0.05, 0.1) is 11.2 Å². The molecule has 0 aliphatic carbocycles. The van der Waals surface area contributed by atoms with Gasteiger partial charge in [-0.2, -0.15) is 5.10 Å². The molecule has 100 valence electrons. The smallest absolute Gasteiger partial charge is 0.150 e. The molecule has 20 heavy (non-hydrogen) atoms. The fourth-order valence-corrected chi connectivity index (χ4v) is 2.38. The molecule has 0 fully saturated rings. The molecule has 0 amide bonds. The summed E-state index contributed by atoms with van der Waals surface area (Å²) in [6.07, 6.45) is 3.48. The van der Waals surface area contributed by atoms with Crippen molar-refractivity contribution < 1.29 is 4.39 Å². The summed E-state index contributed by atoms with van der Waals surface area (Å²) in [4.78, 5) is 0. The lowest BCUT2D eigenvalue weighted by molar-refractivity contribution is 0.611. The van der Waals surface area contributed by atoms with Gasteiger partial charge in [0.2, 0.25) is 0 Å². The molecule has 3 aromatic rings. The molecule has 0 saturated heterocycles. The normalized spacial score (nSPS) is 10.8. The van der Waals surface area contributed by atoms with Crippen LogP contribution in [0.4, 0.5) is 4.39 Å². The summed E-state index contributed by atoms with van der Waals surface area (Å²) in [5.74, 6) is -0.392. The number of para-hydroxylation sites is 1. The molecular formula is C16H12ClFN2. The molecule has 1 aromatic heterocycles. The topological polar surface area (TPSA) is 17.8 Å². The maximum absolute atomic E-state index is 13.9. The fraction of sp³-hybridized carbons (Fsp3) is 0.0625. The van der Waals surface area contributed by atoms with Gasteiger partial charge in [-0.25, -0.2) is 9.07 Å². The minimum atomic E-state index is -0.392. The Balaban J connectivity index is 2.07. The van der Waals surface area contributed by atoms with Crippen LogP contribution in [0.5, 0.6) is 0 Å². The Labute approximate surface area is 121 Å². The summed E-state index contributed by atoms with van der Waals surface area (Å²) in [7, 11) is 0. The maximum Gasteiger partial charge on any atom is 0.150 e. The van der Waals surface area contributed by atoms with Gasteiger partial charge in [0.1, 0.15) is 11.5 Å². The van der Waals surface area contributed by atoms with Crippen LogP contribution in [0.25, 0.3) is 16.8 Å². The second-order valence-corrected chi connectivity index (χ2v) is 5.02. The third-order valence-electron chi connectivity index (χ3n) is 3.10. The second kappa shape index (κ2) is 5.10. The van der Waals surface area contributed by atoms with Crippen LogP contribution in [0.2, 0.25) is 5.02 Å². The van der Waals surface area contributed by atoms with Crippen molar-refractivity contribution in [1.82, 2.24) is 9.78 Å². The highest BCUT2D eigenvalue weighted by molar-refractivity contribution is 6.32. The number of hydrogen-bond donors (Lipinski definition) is 0. The standard InChI is InChI=1S/C16H12ClFN2/c1-11-4-2-5-12(8-11)13-9-19-20(10-13)16-14(17)6-3-7-15(16)18/h2-10H,1H3. The van der Waals surface area contributed by atoms with Crippen LogP contribution in [0.3, 0.4) is 0 Å². The summed E-state index contributed by atoms with van der Waals surface area (Å²) in [6.45, 7) is 2.03. The second-order valence-electron chi connectivity index (χ2n) is 4.61. The number of rotatable bonds is 2. The highest BCUT2D eigenvalue weighted by atomic mass is 35.5. The summed E-state index contributed by atoms with van der Waals surface area (Å²) in [5.41, 5.74) is 3.41. The zero-order chi connectivity index (χ0) is 14.1. The molecule has 0 bridgehead atoms. The van der Waals surface area contributed by atoms with Crippen molar-refractivity contribution in [2.24, 2.45) is 0 Å². The molecule has 0 spiro atoms. The third-order valence-corrected chi connectivity index (χ3v) is 3.41. The average Bonchev–Trinajstić information content (AvgIpc) is 2.88. The van der Waals surface area contributed by atoms with Gasteiger partial charge >= 0.3 is 0 Å². The molecular weight excluding hydrogens is 275 g/mol. The van der Waals surface area contributed by atoms with E-state index in [4.69, 9.17) is 11.6 Å². The summed E-state index contributed by atoms with van der Waals surface area (Å²) in [6, 6.07) is 12.7. The van der Waals surface area contributed by atoms with Gasteiger partial charge in [-0.3, -0.25) is 0 Å². The van der Waals surface area contributed by atoms with Gasteiger partial charge in [-0.1, -0.05) is 47.5 Å². The van der Waals surface area contributed by atoms with E-state index < -0.39 is 5.82 Å². The Hall–Kier alpha value is -2.13. The minimum Gasteiger partial charge on any atom is -0.236 e. The number of halogens is 2. The molecule has 4 heteroatoms. The van der Waals surface area contributed by atoms with E-state index in [2.05, 4.69) is 11.2 Å². The predicted octanol–water partition coefficient (Wildman–Crippen LogP) is 4.64. The first-order valence-corrected chi connectivity index (χ1v) is 6.59. The van der Waals surface area contributed by atoms with Crippen LogP contribution < -0.4 is 0 Å². The van der Waals surface area contributed by atoms with Crippen molar-refractivity contribution in [2.45, 2.75) is 6.92 Å². The number of aromatic nitrogens is 2. The van der Waals surface area contributed by atoms with Crippen LogP contribution in [-0.2, 0) is 0 Å². The Morgan fingerprint density at radius 3 is 2.65 bits per heavy atom. The van der Waals surface area contributed by atoms with Gasteiger partial charge in [0.15, 0.2) is 0 Å². The van der Waals surface area contributed by atoms with Gasteiger partial charge in [-0.15, -0.1) is 0 Å². The van der Waals surface area contributed by atoms with E-state index in [9.17, 15) is 4.39 Å². The number of aryl methyl sites for hydroxylation is 1. The van der Waals surface area contributed by atoms with Gasteiger partial charge in [0.25, 0.3) is 0 Å². The predicted molar refractivity (Wildman–Crippen MR) is 78.7 cm³/mol. The van der Waals surface area contributed by atoms with E-state index in [0.717, 1.165) is 11.1 Å².